The molecule has 1 atom stereocenters. The molecule has 3 rings (SSSR count). The number of hydrogen-bond donors (Lipinski definition) is 1. The lowest BCUT2D eigenvalue weighted by Crippen LogP contribution is -2.30. The van der Waals surface area contributed by atoms with Gasteiger partial charge in [-0.25, -0.2) is 9.78 Å². The molecular weight excluding hydrogens is 391 g/mol. The SMILES string of the molecule is Cc1ccn2cc(C(=O)OC(C)C(=O)Nc3ccc(OC(F)(F)F)cc3)nc2c1. The zero-order valence-corrected chi connectivity index (χ0v) is 15.4. The van der Waals surface area contributed by atoms with Crippen LogP contribution in [0.4, 0.5) is 18.9 Å². The summed E-state index contributed by atoms with van der Waals surface area (Å²) in [6.45, 7) is 3.26. The zero-order valence-electron chi connectivity index (χ0n) is 15.4. The van der Waals surface area contributed by atoms with E-state index in [9.17, 15) is 22.8 Å². The van der Waals surface area contributed by atoms with Gasteiger partial charge in [0.25, 0.3) is 5.91 Å². The van der Waals surface area contributed by atoms with Crippen LogP contribution in [0.2, 0.25) is 0 Å². The highest BCUT2D eigenvalue weighted by atomic mass is 19.4. The Bertz CT molecular complexity index is 1050. The van der Waals surface area contributed by atoms with Crippen LogP contribution in [0.15, 0.2) is 48.8 Å². The third-order valence-corrected chi connectivity index (χ3v) is 3.83. The van der Waals surface area contributed by atoms with Gasteiger partial charge in [0.2, 0.25) is 0 Å². The summed E-state index contributed by atoms with van der Waals surface area (Å²) in [4.78, 5) is 28.6. The number of aryl methyl sites for hydroxylation is 1. The average Bonchev–Trinajstić information content (AvgIpc) is 3.05. The highest BCUT2D eigenvalue weighted by molar-refractivity contribution is 5.97. The Kier molecular flexibility index (Phi) is 5.44. The van der Waals surface area contributed by atoms with Gasteiger partial charge >= 0.3 is 12.3 Å². The van der Waals surface area contributed by atoms with Crippen molar-refractivity contribution in [2.24, 2.45) is 0 Å². The van der Waals surface area contributed by atoms with Crippen LogP contribution in [0, 0.1) is 6.92 Å². The molecule has 1 N–H and O–H groups in total. The number of pyridine rings is 1. The fraction of sp³-hybridized carbons (Fsp3) is 0.211. The molecule has 0 radical (unpaired) electrons. The number of anilines is 1. The minimum atomic E-state index is -4.80. The number of amides is 1. The van der Waals surface area contributed by atoms with Gasteiger partial charge in [0.15, 0.2) is 11.8 Å². The molecule has 152 valence electrons. The van der Waals surface area contributed by atoms with Gasteiger partial charge in [0.05, 0.1) is 0 Å². The van der Waals surface area contributed by atoms with Crippen molar-refractivity contribution in [3.63, 3.8) is 0 Å². The normalized spacial score (nSPS) is 12.4. The molecule has 1 unspecified atom stereocenters. The lowest BCUT2D eigenvalue weighted by molar-refractivity contribution is -0.274. The lowest BCUT2D eigenvalue weighted by atomic mass is 10.3. The molecule has 1 amide bonds. The number of fused-ring (bicyclic) bond motifs is 1. The maximum Gasteiger partial charge on any atom is 0.573 e. The van der Waals surface area contributed by atoms with Gasteiger partial charge in [-0.3, -0.25) is 4.79 Å². The number of aromatic nitrogens is 2. The van der Waals surface area contributed by atoms with Crippen LogP contribution in [0.5, 0.6) is 5.75 Å². The molecule has 10 heteroatoms. The Labute approximate surface area is 163 Å². The second kappa shape index (κ2) is 7.82. The Hall–Kier alpha value is -3.56. The number of alkyl halides is 3. The molecule has 2 heterocycles. The van der Waals surface area contributed by atoms with Crippen molar-refractivity contribution in [3.05, 3.63) is 60.0 Å². The summed E-state index contributed by atoms with van der Waals surface area (Å²) in [5.41, 5.74) is 1.80. The summed E-state index contributed by atoms with van der Waals surface area (Å²) in [5, 5.41) is 2.44. The number of hydrogen-bond acceptors (Lipinski definition) is 5. The molecule has 2 aromatic heterocycles. The van der Waals surface area contributed by atoms with Crippen LogP contribution < -0.4 is 10.1 Å². The number of carbonyl (C=O) groups is 2. The van der Waals surface area contributed by atoms with Gasteiger partial charge in [-0.15, -0.1) is 13.2 Å². The van der Waals surface area contributed by atoms with Crippen molar-refractivity contribution in [3.8, 4) is 5.75 Å². The fourth-order valence-corrected chi connectivity index (χ4v) is 2.44. The molecule has 0 aliphatic rings. The van der Waals surface area contributed by atoms with Crippen LogP contribution in [0.25, 0.3) is 5.65 Å². The van der Waals surface area contributed by atoms with E-state index in [1.807, 2.05) is 13.0 Å². The minimum Gasteiger partial charge on any atom is -0.448 e. The van der Waals surface area contributed by atoms with Gasteiger partial charge in [-0.05, 0) is 55.8 Å². The third-order valence-electron chi connectivity index (χ3n) is 3.83. The zero-order chi connectivity index (χ0) is 21.2. The van der Waals surface area contributed by atoms with E-state index in [1.54, 1.807) is 16.7 Å². The third kappa shape index (κ3) is 5.24. The molecule has 1 aromatic carbocycles. The maximum absolute atomic E-state index is 12.2. The first-order valence-electron chi connectivity index (χ1n) is 8.44. The summed E-state index contributed by atoms with van der Waals surface area (Å²) >= 11 is 0. The maximum atomic E-state index is 12.2. The largest absolute Gasteiger partial charge is 0.573 e. The highest BCUT2D eigenvalue weighted by Crippen LogP contribution is 2.24. The number of benzene rings is 1. The topological polar surface area (TPSA) is 81.9 Å². The molecule has 0 fully saturated rings. The van der Waals surface area contributed by atoms with E-state index >= 15 is 0 Å². The first kappa shape index (κ1) is 20.2. The Morgan fingerprint density at radius 3 is 2.52 bits per heavy atom. The summed E-state index contributed by atoms with van der Waals surface area (Å²) < 4.78 is 47.0. The lowest BCUT2D eigenvalue weighted by Gasteiger charge is -2.13. The van der Waals surface area contributed by atoms with Gasteiger partial charge < -0.3 is 19.2 Å². The van der Waals surface area contributed by atoms with Crippen LogP contribution in [-0.4, -0.2) is 33.7 Å². The molecule has 7 nitrogen and oxygen atoms in total. The van der Waals surface area contributed by atoms with Crippen molar-refractivity contribution in [1.29, 1.82) is 0 Å². The number of rotatable bonds is 5. The van der Waals surface area contributed by atoms with E-state index in [4.69, 9.17) is 4.74 Å². The van der Waals surface area contributed by atoms with Gasteiger partial charge in [-0.1, -0.05) is 0 Å². The minimum absolute atomic E-state index is 0.0453. The Morgan fingerprint density at radius 2 is 1.86 bits per heavy atom. The van der Waals surface area contributed by atoms with Crippen molar-refractivity contribution in [2.45, 2.75) is 26.3 Å². The molecule has 3 aromatic rings. The molecule has 0 saturated carbocycles. The van der Waals surface area contributed by atoms with E-state index in [1.165, 1.54) is 25.3 Å². The van der Waals surface area contributed by atoms with E-state index in [0.29, 0.717) is 5.65 Å². The standard InChI is InChI=1S/C19H16F3N3O4/c1-11-7-8-25-10-15(24-16(25)9-11)18(27)28-12(2)17(26)23-13-3-5-14(6-4-13)29-19(20,21)22/h3-10,12H,1-2H3,(H,23,26). The van der Waals surface area contributed by atoms with Gasteiger partial charge in [0, 0.05) is 18.1 Å². The highest BCUT2D eigenvalue weighted by Gasteiger charge is 2.31. The van der Waals surface area contributed by atoms with E-state index < -0.39 is 30.1 Å². The van der Waals surface area contributed by atoms with Crippen LogP contribution >= 0.6 is 0 Å². The van der Waals surface area contributed by atoms with E-state index in [0.717, 1.165) is 17.7 Å². The van der Waals surface area contributed by atoms with Gasteiger partial charge in [0.1, 0.15) is 11.4 Å². The quantitative estimate of drug-likeness (QED) is 0.652. The fourth-order valence-electron chi connectivity index (χ4n) is 2.44. The molecule has 29 heavy (non-hydrogen) atoms. The second-order valence-electron chi connectivity index (χ2n) is 6.20. The number of nitrogens with one attached hydrogen (secondary N) is 1. The van der Waals surface area contributed by atoms with Crippen molar-refractivity contribution < 1.29 is 32.2 Å². The second-order valence-corrected chi connectivity index (χ2v) is 6.20. The summed E-state index contributed by atoms with van der Waals surface area (Å²) in [6, 6.07) is 8.22. The van der Waals surface area contributed by atoms with Crippen molar-refractivity contribution in [2.75, 3.05) is 5.32 Å². The first-order valence-corrected chi connectivity index (χ1v) is 8.44. The Balaban J connectivity index is 1.60. The van der Waals surface area contributed by atoms with Gasteiger partial charge in [-0.2, -0.15) is 0 Å². The number of nitrogens with zero attached hydrogens (tertiary/aromatic N) is 2. The molecule has 0 saturated heterocycles. The molecule has 0 bridgehead atoms. The number of esters is 1. The molecule has 0 aliphatic carbocycles. The number of imidazole rings is 1. The first-order chi connectivity index (χ1) is 13.6. The molecule has 0 aliphatic heterocycles. The van der Waals surface area contributed by atoms with Crippen molar-refractivity contribution >= 4 is 23.2 Å². The van der Waals surface area contributed by atoms with Crippen molar-refractivity contribution in [1.82, 2.24) is 9.38 Å². The van der Waals surface area contributed by atoms with Crippen LogP contribution in [0.1, 0.15) is 23.0 Å². The Morgan fingerprint density at radius 1 is 1.17 bits per heavy atom. The molecule has 0 spiro atoms. The van der Waals surface area contributed by atoms with Crippen LogP contribution in [-0.2, 0) is 9.53 Å². The average molecular weight is 407 g/mol. The predicted molar refractivity (Wildman–Crippen MR) is 96.6 cm³/mol. The smallest absolute Gasteiger partial charge is 0.448 e. The van der Waals surface area contributed by atoms with E-state index in [-0.39, 0.29) is 11.4 Å². The number of halogens is 3. The number of carbonyl (C=O) groups excluding carboxylic acids is 2. The summed E-state index contributed by atoms with van der Waals surface area (Å²) in [5.74, 6) is -1.84. The number of ether oxygens (including phenoxy) is 2. The van der Waals surface area contributed by atoms with Crippen LogP contribution in [0.3, 0.4) is 0 Å². The molecular formula is C19H16F3N3O4. The van der Waals surface area contributed by atoms with E-state index in [2.05, 4.69) is 15.0 Å². The predicted octanol–water partition coefficient (Wildman–Crippen LogP) is 3.73. The summed E-state index contributed by atoms with van der Waals surface area (Å²) in [7, 11) is 0. The monoisotopic (exact) mass is 407 g/mol. The summed E-state index contributed by atoms with van der Waals surface area (Å²) in [6.07, 6.45) is -2.72.